The number of imidazole rings is 1. The Kier molecular flexibility index (Phi) is 2.08. The smallest absolute Gasteiger partial charge is 0.448 e. The zero-order chi connectivity index (χ0) is 9.19. The molecule has 1 aromatic rings. The standard InChI is InChI=1S/C5H4BF3N3/c7-6(8,9)4-12-2-1-11-5(12)3-10/h1-2H,4H2/q-1. The lowest BCUT2D eigenvalue weighted by atomic mass is 9.92. The molecule has 0 saturated carbocycles. The van der Waals surface area contributed by atoms with Gasteiger partial charge in [0.2, 0.25) is 5.82 Å². The van der Waals surface area contributed by atoms with Crippen molar-refractivity contribution in [1.29, 1.82) is 5.26 Å². The Balaban J connectivity index is 2.84. The van der Waals surface area contributed by atoms with E-state index in [4.69, 9.17) is 5.26 Å². The maximum atomic E-state index is 11.8. The second-order valence-electron chi connectivity index (χ2n) is 2.23. The average Bonchev–Trinajstić information content (AvgIpc) is 2.31. The van der Waals surface area contributed by atoms with Crippen LogP contribution in [0, 0.1) is 11.3 Å². The molecule has 0 aliphatic rings. The lowest BCUT2D eigenvalue weighted by Gasteiger charge is -2.14. The Morgan fingerprint density at radius 3 is 2.75 bits per heavy atom. The number of aromatic nitrogens is 2. The van der Waals surface area contributed by atoms with Gasteiger partial charge >= 0.3 is 6.98 Å². The fraction of sp³-hybridized carbons (Fsp3) is 0.200. The van der Waals surface area contributed by atoms with Gasteiger partial charge in [-0.3, -0.25) is 0 Å². The van der Waals surface area contributed by atoms with Crippen molar-refractivity contribution in [1.82, 2.24) is 9.55 Å². The second-order valence-corrected chi connectivity index (χ2v) is 2.23. The Bertz CT molecular complexity index is 310. The zero-order valence-electron chi connectivity index (χ0n) is 5.91. The molecule has 0 N–H and O–H groups in total. The summed E-state index contributed by atoms with van der Waals surface area (Å²) in [6, 6.07) is 1.56. The number of halogens is 3. The predicted octanol–water partition coefficient (Wildman–Crippen LogP) is 1.14. The summed E-state index contributed by atoms with van der Waals surface area (Å²) in [5.74, 6) is -0.214. The molecule has 0 amide bonds. The van der Waals surface area contributed by atoms with Crippen LogP contribution in [0.4, 0.5) is 12.9 Å². The second kappa shape index (κ2) is 2.89. The molecule has 7 heteroatoms. The molecule has 12 heavy (non-hydrogen) atoms. The van der Waals surface area contributed by atoms with Crippen LogP contribution in [0.15, 0.2) is 12.4 Å². The first kappa shape index (κ1) is 8.65. The highest BCUT2D eigenvalue weighted by atomic mass is 19.4. The molecule has 0 fully saturated rings. The Morgan fingerprint density at radius 2 is 2.25 bits per heavy atom. The van der Waals surface area contributed by atoms with E-state index in [1.165, 1.54) is 6.20 Å². The third-order valence-electron chi connectivity index (χ3n) is 1.22. The number of rotatable bonds is 2. The number of hydrogen-bond donors (Lipinski definition) is 0. The SMILES string of the molecule is N#Cc1nccn1C[B-](F)(F)F. The van der Waals surface area contributed by atoms with Crippen LogP contribution in [0.3, 0.4) is 0 Å². The van der Waals surface area contributed by atoms with E-state index in [1.807, 2.05) is 0 Å². The minimum absolute atomic E-state index is 0.214. The van der Waals surface area contributed by atoms with Crippen molar-refractivity contribution in [3.63, 3.8) is 0 Å². The topological polar surface area (TPSA) is 41.6 Å². The van der Waals surface area contributed by atoms with Crippen LogP contribution in [0.2, 0.25) is 0 Å². The maximum Gasteiger partial charge on any atom is 0.497 e. The van der Waals surface area contributed by atoms with Gasteiger partial charge in [0.05, 0.1) is 0 Å². The van der Waals surface area contributed by atoms with Crippen LogP contribution in [-0.2, 0) is 6.44 Å². The van der Waals surface area contributed by atoms with E-state index >= 15 is 0 Å². The number of nitrogens with zero attached hydrogens (tertiary/aromatic N) is 3. The van der Waals surface area contributed by atoms with Crippen LogP contribution >= 0.6 is 0 Å². The van der Waals surface area contributed by atoms with E-state index in [-0.39, 0.29) is 5.82 Å². The van der Waals surface area contributed by atoms with Gasteiger partial charge in [-0.25, -0.2) is 4.98 Å². The summed E-state index contributed by atoms with van der Waals surface area (Å²) >= 11 is 0. The van der Waals surface area contributed by atoms with E-state index in [1.54, 1.807) is 6.07 Å². The van der Waals surface area contributed by atoms with Crippen molar-refractivity contribution in [2.24, 2.45) is 0 Å². The van der Waals surface area contributed by atoms with Gasteiger partial charge in [-0.2, -0.15) is 5.26 Å². The van der Waals surface area contributed by atoms with Gasteiger partial charge in [0, 0.05) is 12.4 Å². The average molecular weight is 174 g/mol. The molecule has 1 heterocycles. The van der Waals surface area contributed by atoms with Gasteiger partial charge in [-0.1, -0.05) is 0 Å². The highest BCUT2D eigenvalue weighted by Crippen LogP contribution is 2.12. The molecule has 64 valence electrons. The first-order chi connectivity index (χ1) is 5.53. The predicted molar refractivity (Wildman–Crippen MR) is 36.0 cm³/mol. The summed E-state index contributed by atoms with van der Waals surface area (Å²) in [5, 5.41) is 8.31. The zero-order valence-corrected chi connectivity index (χ0v) is 5.91. The van der Waals surface area contributed by atoms with Gasteiger partial charge in [-0.15, -0.1) is 0 Å². The van der Waals surface area contributed by atoms with Gasteiger partial charge in [-0.05, 0) is 6.44 Å². The van der Waals surface area contributed by atoms with E-state index in [9.17, 15) is 12.9 Å². The van der Waals surface area contributed by atoms with Crippen molar-refractivity contribution in [3.05, 3.63) is 18.2 Å². The molecule has 0 radical (unpaired) electrons. The highest BCUT2D eigenvalue weighted by Gasteiger charge is 2.24. The van der Waals surface area contributed by atoms with Crippen LogP contribution in [0.5, 0.6) is 0 Å². The first-order valence-electron chi connectivity index (χ1n) is 3.15. The number of nitriles is 1. The Hall–Kier alpha value is -1.45. The lowest BCUT2D eigenvalue weighted by Crippen LogP contribution is -2.24. The van der Waals surface area contributed by atoms with Crippen LogP contribution in [0.25, 0.3) is 0 Å². The van der Waals surface area contributed by atoms with E-state index in [0.29, 0.717) is 0 Å². The Labute approximate surface area is 66.5 Å². The molecule has 0 saturated heterocycles. The van der Waals surface area contributed by atoms with Crippen molar-refractivity contribution in [3.8, 4) is 6.07 Å². The largest absolute Gasteiger partial charge is 0.497 e. The quantitative estimate of drug-likeness (QED) is 0.630. The third-order valence-corrected chi connectivity index (χ3v) is 1.22. The fourth-order valence-electron chi connectivity index (χ4n) is 0.793. The summed E-state index contributed by atoms with van der Waals surface area (Å²) < 4.78 is 36.3. The minimum Gasteiger partial charge on any atom is -0.448 e. The van der Waals surface area contributed by atoms with Crippen LogP contribution < -0.4 is 0 Å². The molecular weight excluding hydrogens is 170 g/mol. The van der Waals surface area contributed by atoms with Crippen LogP contribution in [-0.4, -0.2) is 16.5 Å². The summed E-state index contributed by atoms with van der Waals surface area (Å²) in [6.07, 6.45) is 1.19. The molecule has 0 unspecified atom stereocenters. The first-order valence-corrected chi connectivity index (χ1v) is 3.15. The maximum absolute atomic E-state index is 11.8. The normalized spacial score (nSPS) is 11.2. The molecule has 0 aliphatic carbocycles. The lowest BCUT2D eigenvalue weighted by molar-refractivity contribution is 0.444. The van der Waals surface area contributed by atoms with Gasteiger partial charge in [0.25, 0.3) is 0 Å². The monoisotopic (exact) mass is 174 g/mol. The molecule has 1 rings (SSSR count). The number of hydrogen-bond acceptors (Lipinski definition) is 2. The fourth-order valence-corrected chi connectivity index (χ4v) is 0.793. The Morgan fingerprint density at radius 1 is 1.58 bits per heavy atom. The van der Waals surface area contributed by atoms with E-state index < -0.39 is 13.4 Å². The van der Waals surface area contributed by atoms with Crippen molar-refractivity contribution >= 4 is 6.98 Å². The van der Waals surface area contributed by atoms with E-state index in [0.717, 1.165) is 10.8 Å². The highest BCUT2D eigenvalue weighted by molar-refractivity contribution is 6.57. The van der Waals surface area contributed by atoms with Crippen LogP contribution in [0.1, 0.15) is 5.82 Å². The summed E-state index contributed by atoms with van der Waals surface area (Å²) in [5.41, 5.74) is 0. The summed E-state index contributed by atoms with van der Waals surface area (Å²) in [6.45, 7) is -4.91. The molecule has 3 nitrogen and oxygen atoms in total. The molecule has 0 spiro atoms. The summed E-state index contributed by atoms with van der Waals surface area (Å²) in [7, 11) is 0. The summed E-state index contributed by atoms with van der Waals surface area (Å²) in [4.78, 5) is 3.43. The van der Waals surface area contributed by atoms with Crippen molar-refractivity contribution < 1.29 is 12.9 Å². The molecule has 0 aliphatic heterocycles. The van der Waals surface area contributed by atoms with Gasteiger partial charge < -0.3 is 17.5 Å². The van der Waals surface area contributed by atoms with Crippen molar-refractivity contribution in [2.45, 2.75) is 6.44 Å². The molecular formula is C5H4BF3N3-. The van der Waals surface area contributed by atoms with E-state index in [2.05, 4.69) is 4.98 Å². The molecule has 0 aromatic carbocycles. The van der Waals surface area contributed by atoms with Gasteiger partial charge in [0.1, 0.15) is 6.07 Å². The third kappa shape index (κ3) is 2.02. The minimum atomic E-state index is -4.91. The van der Waals surface area contributed by atoms with Crippen molar-refractivity contribution in [2.75, 3.05) is 0 Å². The molecule has 0 bridgehead atoms. The molecule has 0 atom stereocenters. The van der Waals surface area contributed by atoms with Gasteiger partial charge in [0.15, 0.2) is 0 Å². The molecule has 1 aromatic heterocycles.